The van der Waals surface area contributed by atoms with Crippen molar-refractivity contribution in [3.8, 4) is 6.07 Å². The van der Waals surface area contributed by atoms with Crippen LogP contribution in [0.25, 0.3) is 0 Å². The van der Waals surface area contributed by atoms with Crippen LogP contribution in [0.5, 0.6) is 0 Å². The highest BCUT2D eigenvalue weighted by Gasteiger charge is 2.24. The molecule has 0 N–H and O–H groups in total. The molecule has 0 aromatic heterocycles. The van der Waals surface area contributed by atoms with Gasteiger partial charge in [-0.25, -0.2) is 4.39 Å². The number of benzene rings is 1. The Kier molecular flexibility index (Phi) is 3.95. The van der Waals surface area contributed by atoms with E-state index in [1.54, 1.807) is 6.07 Å². The Hall–Kier alpha value is -1.44. The molecule has 0 amide bonds. The molecule has 0 bridgehead atoms. The first kappa shape index (κ1) is 13.0. The van der Waals surface area contributed by atoms with Crippen LogP contribution in [0.1, 0.15) is 25.0 Å². The summed E-state index contributed by atoms with van der Waals surface area (Å²) in [6.45, 7) is 6.06. The fourth-order valence-electron chi connectivity index (χ4n) is 2.18. The molecule has 2 atom stereocenters. The molecule has 1 heterocycles. The average Bonchev–Trinajstić information content (AvgIpc) is 2.36. The van der Waals surface area contributed by atoms with E-state index in [9.17, 15) is 4.39 Å². The van der Waals surface area contributed by atoms with Crippen molar-refractivity contribution in [3.05, 3.63) is 35.1 Å². The number of nitrogens with zero attached hydrogens (tertiary/aromatic N) is 2. The third-order valence-electron chi connectivity index (χ3n) is 3.29. The van der Waals surface area contributed by atoms with Gasteiger partial charge in [0, 0.05) is 24.7 Å². The maximum absolute atomic E-state index is 13.7. The van der Waals surface area contributed by atoms with E-state index in [4.69, 9.17) is 10.00 Å². The van der Waals surface area contributed by atoms with Gasteiger partial charge in [0.2, 0.25) is 0 Å². The first-order valence-corrected chi connectivity index (χ1v) is 6.14. The summed E-state index contributed by atoms with van der Waals surface area (Å²) in [5.74, 6) is -0.250. The van der Waals surface area contributed by atoms with E-state index in [-0.39, 0.29) is 18.0 Å². The Bertz CT molecular complexity index is 469. The predicted molar refractivity (Wildman–Crippen MR) is 66.4 cm³/mol. The topological polar surface area (TPSA) is 36.3 Å². The van der Waals surface area contributed by atoms with Gasteiger partial charge >= 0.3 is 0 Å². The summed E-state index contributed by atoms with van der Waals surface area (Å²) >= 11 is 0. The molecule has 1 saturated heterocycles. The van der Waals surface area contributed by atoms with Crippen molar-refractivity contribution in [1.82, 2.24) is 4.90 Å². The zero-order valence-corrected chi connectivity index (χ0v) is 10.7. The quantitative estimate of drug-likeness (QED) is 0.805. The number of halogens is 1. The summed E-state index contributed by atoms with van der Waals surface area (Å²) in [7, 11) is 0. The summed E-state index contributed by atoms with van der Waals surface area (Å²) in [6.07, 6.45) is 0.170. The van der Waals surface area contributed by atoms with Gasteiger partial charge in [0.05, 0.1) is 24.3 Å². The number of rotatable bonds is 2. The first-order valence-electron chi connectivity index (χ1n) is 6.14. The molecule has 3 nitrogen and oxygen atoms in total. The monoisotopic (exact) mass is 248 g/mol. The van der Waals surface area contributed by atoms with Gasteiger partial charge in [-0.3, -0.25) is 4.90 Å². The lowest BCUT2D eigenvalue weighted by atomic mass is 10.1. The molecule has 1 aliphatic heterocycles. The first-order chi connectivity index (χ1) is 8.60. The third-order valence-corrected chi connectivity index (χ3v) is 3.29. The second kappa shape index (κ2) is 5.47. The van der Waals surface area contributed by atoms with Crippen molar-refractivity contribution in [2.45, 2.75) is 32.5 Å². The minimum Gasteiger partial charge on any atom is -0.376 e. The number of nitriles is 1. The van der Waals surface area contributed by atoms with E-state index >= 15 is 0 Å². The standard InChI is InChI=1S/C14H17FN2O/c1-10-9-18-11(2)7-17(10)8-13-5-12(6-16)3-4-14(13)15/h3-5,10-11H,7-9H2,1-2H3/t10-,11-/m0/s1. The van der Waals surface area contributed by atoms with E-state index in [2.05, 4.69) is 11.8 Å². The molecule has 0 aliphatic carbocycles. The molecule has 0 spiro atoms. The zero-order valence-electron chi connectivity index (χ0n) is 10.7. The summed E-state index contributed by atoms with van der Waals surface area (Å²) in [5.41, 5.74) is 1.08. The maximum Gasteiger partial charge on any atom is 0.127 e. The van der Waals surface area contributed by atoms with Gasteiger partial charge in [-0.1, -0.05) is 0 Å². The Morgan fingerprint density at radius 2 is 2.28 bits per heavy atom. The van der Waals surface area contributed by atoms with Crippen molar-refractivity contribution < 1.29 is 9.13 Å². The molecule has 2 rings (SSSR count). The summed E-state index contributed by atoms with van der Waals surface area (Å²) in [5, 5.41) is 8.85. The fraction of sp³-hybridized carbons (Fsp3) is 0.500. The number of hydrogen-bond acceptors (Lipinski definition) is 3. The lowest BCUT2D eigenvalue weighted by Crippen LogP contribution is -2.46. The summed E-state index contributed by atoms with van der Waals surface area (Å²) in [6, 6.07) is 6.81. The van der Waals surface area contributed by atoms with Gasteiger partial charge in [0.15, 0.2) is 0 Å². The van der Waals surface area contributed by atoms with Crippen LogP contribution in [0.3, 0.4) is 0 Å². The van der Waals surface area contributed by atoms with Gasteiger partial charge in [-0.15, -0.1) is 0 Å². The summed E-state index contributed by atoms with van der Waals surface area (Å²) < 4.78 is 19.3. The van der Waals surface area contributed by atoms with Crippen LogP contribution < -0.4 is 0 Å². The molecule has 1 aromatic rings. The molecule has 96 valence electrons. The van der Waals surface area contributed by atoms with Crippen molar-refractivity contribution in [1.29, 1.82) is 5.26 Å². The molecular formula is C14H17FN2O. The van der Waals surface area contributed by atoms with Crippen molar-refractivity contribution in [2.75, 3.05) is 13.2 Å². The largest absolute Gasteiger partial charge is 0.376 e. The fourth-order valence-corrected chi connectivity index (χ4v) is 2.18. The molecule has 1 fully saturated rings. The number of morpholine rings is 1. The van der Waals surface area contributed by atoms with E-state index in [1.807, 2.05) is 13.0 Å². The number of ether oxygens (including phenoxy) is 1. The second-order valence-corrected chi connectivity index (χ2v) is 4.84. The number of hydrogen-bond donors (Lipinski definition) is 0. The predicted octanol–water partition coefficient (Wildman–Crippen LogP) is 2.31. The Morgan fingerprint density at radius 3 is 3.00 bits per heavy atom. The molecule has 4 heteroatoms. The van der Waals surface area contributed by atoms with E-state index in [1.165, 1.54) is 12.1 Å². The minimum atomic E-state index is -0.250. The lowest BCUT2D eigenvalue weighted by Gasteiger charge is -2.36. The Balaban J connectivity index is 2.15. The van der Waals surface area contributed by atoms with Gasteiger partial charge < -0.3 is 4.74 Å². The van der Waals surface area contributed by atoms with Gasteiger partial charge in [0.25, 0.3) is 0 Å². The van der Waals surface area contributed by atoms with Gasteiger partial charge in [-0.05, 0) is 32.0 Å². The van der Waals surface area contributed by atoms with Crippen LogP contribution in [0.2, 0.25) is 0 Å². The summed E-state index contributed by atoms with van der Waals surface area (Å²) in [4.78, 5) is 2.19. The molecule has 1 aliphatic rings. The zero-order chi connectivity index (χ0) is 13.1. The molecule has 0 unspecified atom stereocenters. The normalized spacial score (nSPS) is 24.8. The van der Waals surface area contributed by atoms with Crippen molar-refractivity contribution in [3.63, 3.8) is 0 Å². The highest BCUT2D eigenvalue weighted by molar-refractivity contribution is 5.33. The van der Waals surface area contributed by atoms with Crippen LogP contribution >= 0.6 is 0 Å². The maximum atomic E-state index is 13.7. The van der Waals surface area contributed by atoms with E-state index in [0.717, 1.165) is 6.54 Å². The van der Waals surface area contributed by atoms with Crippen molar-refractivity contribution >= 4 is 0 Å². The average molecular weight is 248 g/mol. The molecule has 1 aromatic carbocycles. The van der Waals surface area contributed by atoms with Crippen LogP contribution in [-0.2, 0) is 11.3 Å². The van der Waals surface area contributed by atoms with Crippen LogP contribution in [0.15, 0.2) is 18.2 Å². The molecule has 18 heavy (non-hydrogen) atoms. The van der Waals surface area contributed by atoms with Crippen molar-refractivity contribution in [2.24, 2.45) is 0 Å². The molecular weight excluding hydrogens is 231 g/mol. The minimum absolute atomic E-state index is 0.170. The lowest BCUT2D eigenvalue weighted by molar-refractivity contribution is -0.0529. The van der Waals surface area contributed by atoms with Crippen LogP contribution in [0, 0.1) is 17.1 Å². The SMILES string of the molecule is C[C@H]1CN(Cc2cc(C#N)ccc2F)[C@@H](C)CO1. The smallest absolute Gasteiger partial charge is 0.127 e. The van der Waals surface area contributed by atoms with Gasteiger partial charge in [-0.2, -0.15) is 5.26 Å². The highest BCUT2D eigenvalue weighted by Crippen LogP contribution is 2.18. The van der Waals surface area contributed by atoms with E-state index in [0.29, 0.717) is 24.3 Å². The highest BCUT2D eigenvalue weighted by atomic mass is 19.1. The molecule has 0 saturated carbocycles. The van der Waals surface area contributed by atoms with E-state index < -0.39 is 0 Å². The molecule has 0 radical (unpaired) electrons. The van der Waals surface area contributed by atoms with Crippen LogP contribution in [0.4, 0.5) is 4.39 Å². The Morgan fingerprint density at radius 1 is 1.50 bits per heavy atom. The second-order valence-electron chi connectivity index (χ2n) is 4.84. The Labute approximate surface area is 107 Å². The third kappa shape index (κ3) is 2.87. The van der Waals surface area contributed by atoms with Crippen LogP contribution in [-0.4, -0.2) is 30.2 Å². The van der Waals surface area contributed by atoms with Gasteiger partial charge in [0.1, 0.15) is 5.82 Å².